The normalized spacial score (nSPS) is 17.6. The van der Waals surface area contributed by atoms with Crippen LogP contribution >= 0.6 is 0 Å². The van der Waals surface area contributed by atoms with Gasteiger partial charge in [0.2, 0.25) is 0 Å². The van der Waals surface area contributed by atoms with E-state index >= 15 is 4.39 Å². The number of hydrogen-bond acceptors (Lipinski definition) is 7. The Morgan fingerprint density at radius 1 is 1.08 bits per heavy atom. The molecular weight excluding hydrogens is 455 g/mol. The van der Waals surface area contributed by atoms with Gasteiger partial charge in [-0.25, -0.2) is 14.4 Å². The van der Waals surface area contributed by atoms with Gasteiger partial charge in [0.1, 0.15) is 11.8 Å². The van der Waals surface area contributed by atoms with Gasteiger partial charge in [-0.2, -0.15) is 0 Å². The fraction of sp³-hybridized carbons (Fsp3) is 0.321. The maximum absolute atomic E-state index is 15.7. The van der Waals surface area contributed by atoms with Crippen LogP contribution in [0.4, 0.5) is 15.9 Å². The number of halogens is 1. The van der Waals surface area contributed by atoms with E-state index in [0.717, 1.165) is 71.7 Å². The summed E-state index contributed by atoms with van der Waals surface area (Å²) in [5, 5.41) is 0. The zero-order chi connectivity index (χ0) is 24.6. The third kappa shape index (κ3) is 4.06. The molecule has 7 nitrogen and oxygen atoms in total. The molecule has 8 heteroatoms. The molecule has 2 aliphatic rings. The van der Waals surface area contributed by atoms with E-state index in [1.54, 1.807) is 18.6 Å². The number of nitrogens with zero attached hydrogens (tertiary/aromatic N) is 5. The molecule has 4 aromatic rings. The third-order valence-electron chi connectivity index (χ3n) is 7.25. The van der Waals surface area contributed by atoms with E-state index < -0.39 is 0 Å². The standard InChI is InChI=1S/C28H29FN6O/c1-34-10-8-18(15-34)16-36-25-7-3-5-22(26(25)29)20-4-2-6-24-21(20)9-11-35(24)28-27-23(32-17-33-28)12-19(13-30)14-31-27/h2-7,12,14,17-18H,8-11,13,15-16,30H2,1H3/t18-/m1/s1. The minimum atomic E-state index is -0.306. The number of aromatic nitrogens is 3. The molecule has 2 aliphatic heterocycles. The first-order valence-corrected chi connectivity index (χ1v) is 12.4. The average molecular weight is 485 g/mol. The number of rotatable bonds is 6. The van der Waals surface area contributed by atoms with Crippen LogP contribution < -0.4 is 15.4 Å². The quantitative estimate of drug-likeness (QED) is 0.437. The highest BCUT2D eigenvalue weighted by Gasteiger charge is 2.28. The van der Waals surface area contributed by atoms with Crippen molar-refractivity contribution in [2.24, 2.45) is 11.7 Å². The predicted octanol–water partition coefficient (Wildman–Crippen LogP) is 4.31. The maximum Gasteiger partial charge on any atom is 0.172 e. The molecule has 1 atom stereocenters. The summed E-state index contributed by atoms with van der Waals surface area (Å²) in [7, 11) is 2.11. The van der Waals surface area contributed by atoms with Crippen molar-refractivity contribution in [2.75, 3.05) is 38.2 Å². The van der Waals surface area contributed by atoms with Gasteiger partial charge in [-0.05, 0) is 61.3 Å². The van der Waals surface area contributed by atoms with Crippen LogP contribution in [0.5, 0.6) is 5.75 Å². The summed E-state index contributed by atoms with van der Waals surface area (Å²) < 4.78 is 21.6. The van der Waals surface area contributed by atoms with Crippen molar-refractivity contribution < 1.29 is 9.13 Å². The second kappa shape index (κ2) is 9.44. The second-order valence-electron chi connectivity index (χ2n) is 9.66. The molecule has 184 valence electrons. The van der Waals surface area contributed by atoms with Gasteiger partial charge in [0.25, 0.3) is 0 Å². The van der Waals surface area contributed by atoms with Crippen LogP contribution in [-0.4, -0.2) is 53.1 Å². The van der Waals surface area contributed by atoms with Crippen molar-refractivity contribution in [1.82, 2.24) is 19.9 Å². The average Bonchev–Trinajstić information content (AvgIpc) is 3.53. The van der Waals surface area contributed by atoms with Gasteiger partial charge in [-0.15, -0.1) is 0 Å². The molecule has 1 fully saturated rings. The molecule has 2 aromatic heterocycles. The van der Waals surface area contributed by atoms with E-state index in [9.17, 15) is 0 Å². The molecular formula is C28H29FN6O. The summed E-state index contributed by atoms with van der Waals surface area (Å²) in [6.45, 7) is 3.72. The number of pyridine rings is 1. The Balaban J connectivity index is 1.33. The molecule has 2 aromatic carbocycles. The molecule has 0 bridgehead atoms. The Kier molecular flexibility index (Phi) is 5.99. The Morgan fingerprint density at radius 3 is 2.78 bits per heavy atom. The highest BCUT2D eigenvalue weighted by molar-refractivity contribution is 5.90. The largest absolute Gasteiger partial charge is 0.490 e. The summed E-state index contributed by atoms with van der Waals surface area (Å²) >= 11 is 0. The first-order valence-electron chi connectivity index (χ1n) is 12.4. The molecule has 0 amide bonds. The van der Waals surface area contributed by atoms with Crippen LogP contribution in [0.3, 0.4) is 0 Å². The molecule has 0 spiro atoms. The number of benzene rings is 2. The molecule has 0 saturated carbocycles. The SMILES string of the molecule is CN1CC[C@@H](COc2cccc(-c3cccc4c3CCN4c3ncnc4cc(CN)cnc34)c2F)C1. The summed E-state index contributed by atoms with van der Waals surface area (Å²) in [6, 6.07) is 13.4. The van der Waals surface area contributed by atoms with E-state index in [1.807, 2.05) is 30.3 Å². The van der Waals surface area contributed by atoms with Crippen LogP contribution in [-0.2, 0) is 13.0 Å². The number of ether oxygens (including phenoxy) is 1. The summed E-state index contributed by atoms with van der Waals surface area (Å²) in [4.78, 5) is 18.0. The van der Waals surface area contributed by atoms with Crippen molar-refractivity contribution in [3.05, 3.63) is 71.9 Å². The minimum Gasteiger partial charge on any atom is -0.490 e. The highest BCUT2D eigenvalue weighted by Crippen LogP contribution is 2.42. The zero-order valence-corrected chi connectivity index (χ0v) is 20.3. The van der Waals surface area contributed by atoms with Gasteiger partial charge in [-0.3, -0.25) is 4.98 Å². The Hall–Kier alpha value is -3.62. The van der Waals surface area contributed by atoms with E-state index in [1.165, 1.54) is 0 Å². The fourth-order valence-corrected chi connectivity index (χ4v) is 5.39. The molecule has 1 saturated heterocycles. The minimum absolute atomic E-state index is 0.306. The number of likely N-dealkylation sites (tertiary alicyclic amines) is 1. The summed E-state index contributed by atoms with van der Waals surface area (Å²) in [6.07, 6.45) is 5.19. The Labute approximate surface area is 209 Å². The molecule has 0 aliphatic carbocycles. The van der Waals surface area contributed by atoms with Gasteiger partial charge < -0.3 is 20.3 Å². The fourth-order valence-electron chi connectivity index (χ4n) is 5.39. The smallest absolute Gasteiger partial charge is 0.172 e. The van der Waals surface area contributed by atoms with Gasteiger partial charge in [0.05, 0.1) is 12.1 Å². The van der Waals surface area contributed by atoms with E-state index in [-0.39, 0.29) is 5.82 Å². The summed E-state index contributed by atoms with van der Waals surface area (Å²) in [5.74, 6) is 1.19. The molecule has 6 rings (SSSR count). The van der Waals surface area contributed by atoms with Gasteiger partial charge >= 0.3 is 0 Å². The Morgan fingerprint density at radius 2 is 1.94 bits per heavy atom. The molecule has 0 unspecified atom stereocenters. The first-order chi connectivity index (χ1) is 17.6. The van der Waals surface area contributed by atoms with E-state index in [2.05, 4.69) is 37.9 Å². The molecule has 4 heterocycles. The molecule has 36 heavy (non-hydrogen) atoms. The van der Waals surface area contributed by atoms with Crippen LogP contribution in [0, 0.1) is 11.7 Å². The second-order valence-corrected chi connectivity index (χ2v) is 9.66. The number of fused-ring (bicyclic) bond motifs is 2. The van der Waals surface area contributed by atoms with Crippen LogP contribution in [0.2, 0.25) is 0 Å². The van der Waals surface area contributed by atoms with E-state index in [0.29, 0.717) is 30.4 Å². The van der Waals surface area contributed by atoms with Crippen molar-refractivity contribution >= 4 is 22.5 Å². The lowest BCUT2D eigenvalue weighted by atomic mass is 9.97. The lowest BCUT2D eigenvalue weighted by molar-refractivity contribution is 0.240. The third-order valence-corrected chi connectivity index (χ3v) is 7.25. The topological polar surface area (TPSA) is 80.4 Å². The zero-order valence-electron chi connectivity index (χ0n) is 20.3. The van der Waals surface area contributed by atoms with Crippen molar-refractivity contribution in [3.8, 4) is 16.9 Å². The van der Waals surface area contributed by atoms with Gasteiger partial charge in [0.15, 0.2) is 17.4 Å². The predicted molar refractivity (Wildman–Crippen MR) is 139 cm³/mol. The number of anilines is 2. The first kappa shape index (κ1) is 22.8. The maximum atomic E-state index is 15.7. The van der Waals surface area contributed by atoms with Gasteiger partial charge in [-0.1, -0.05) is 24.3 Å². The number of nitrogens with two attached hydrogens (primary N) is 1. The van der Waals surface area contributed by atoms with Crippen LogP contribution in [0.1, 0.15) is 17.5 Å². The molecule has 2 N–H and O–H groups in total. The van der Waals surface area contributed by atoms with Crippen molar-refractivity contribution in [3.63, 3.8) is 0 Å². The Bertz CT molecular complexity index is 1430. The van der Waals surface area contributed by atoms with Gasteiger partial charge in [0, 0.05) is 43.0 Å². The lowest BCUT2D eigenvalue weighted by Gasteiger charge is -2.20. The molecule has 0 radical (unpaired) electrons. The van der Waals surface area contributed by atoms with Crippen molar-refractivity contribution in [2.45, 2.75) is 19.4 Å². The van der Waals surface area contributed by atoms with Crippen LogP contribution in [0.25, 0.3) is 22.2 Å². The monoisotopic (exact) mass is 484 g/mol. The number of hydrogen-bond donors (Lipinski definition) is 1. The van der Waals surface area contributed by atoms with Crippen molar-refractivity contribution in [1.29, 1.82) is 0 Å². The lowest BCUT2D eigenvalue weighted by Crippen LogP contribution is -2.18. The van der Waals surface area contributed by atoms with Crippen LogP contribution in [0.15, 0.2) is 55.0 Å². The summed E-state index contributed by atoms with van der Waals surface area (Å²) in [5.41, 5.74) is 11.7. The van der Waals surface area contributed by atoms with E-state index in [4.69, 9.17) is 10.5 Å². The highest BCUT2D eigenvalue weighted by atomic mass is 19.1.